The molecule has 0 fully saturated rings. The molecule has 0 radical (unpaired) electrons. The summed E-state index contributed by atoms with van der Waals surface area (Å²) in [5.74, 6) is 1.53. The molecule has 0 spiro atoms. The van der Waals surface area contributed by atoms with E-state index in [1.54, 1.807) is 13.0 Å². The van der Waals surface area contributed by atoms with E-state index in [1.807, 2.05) is 0 Å². The quantitative estimate of drug-likeness (QED) is 0.760. The van der Waals surface area contributed by atoms with Crippen LogP contribution in [0.1, 0.15) is 18.6 Å². The third kappa shape index (κ3) is 3.46. The standard InChI is InChI=1S/C8H11ClN2O2/c1-6-5-7(11-13-6)10-8(12)3-2-4-9/h5H,2-4H2,1H3,(H,10,11,12). The summed E-state index contributed by atoms with van der Waals surface area (Å²) in [6.07, 6.45) is 1.08. The first-order valence-corrected chi connectivity index (χ1v) is 4.55. The number of alkyl halides is 1. The van der Waals surface area contributed by atoms with E-state index < -0.39 is 0 Å². The second kappa shape index (κ2) is 4.87. The monoisotopic (exact) mass is 202 g/mol. The fourth-order valence-corrected chi connectivity index (χ4v) is 0.992. The van der Waals surface area contributed by atoms with Gasteiger partial charge in [-0.1, -0.05) is 5.16 Å². The lowest BCUT2D eigenvalue weighted by Crippen LogP contribution is -2.11. The molecule has 0 aromatic carbocycles. The molecule has 72 valence electrons. The Morgan fingerprint density at radius 2 is 2.54 bits per heavy atom. The molecule has 1 heterocycles. The summed E-state index contributed by atoms with van der Waals surface area (Å²) in [6, 6.07) is 1.67. The van der Waals surface area contributed by atoms with Gasteiger partial charge in [0.05, 0.1) is 0 Å². The Labute approximate surface area is 81.2 Å². The van der Waals surface area contributed by atoms with E-state index in [0.717, 1.165) is 0 Å². The molecule has 1 aromatic heterocycles. The van der Waals surface area contributed by atoms with Crippen LogP contribution in [0.25, 0.3) is 0 Å². The van der Waals surface area contributed by atoms with Crippen molar-refractivity contribution in [1.29, 1.82) is 0 Å². The summed E-state index contributed by atoms with van der Waals surface area (Å²) in [5.41, 5.74) is 0. The average Bonchev–Trinajstić information content (AvgIpc) is 2.48. The number of amides is 1. The fraction of sp³-hybridized carbons (Fsp3) is 0.500. The predicted molar refractivity (Wildman–Crippen MR) is 49.8 cm³/mol. The summed E-state index contributed by atoms with van der Waals surface area (Å²) in [6.45, 7) is 1.77. The number of aryl methyl sites for hydroxylation is 1. The first-order chi connectivity index (χ1) is 6.22. The van der Waals surface area contributed by atoms with E-state index in [9.17, 15) is 4.79 Å². The number of hydrogen-bond donors (Lipinski definition) is 1. The number of aromatic nitrogens is 1. The van der Waals surface area contributed by atoms with E-state index in [1.165, 1.54) is 0 Å². The first-order valence-electron chi connectivity index (χ1n) is 4.01. The molecule has 0 atom stereocenters. The lowest BCUT2D eigenvalue weighted by Gasteiger charge is -1.97. The van der Waals surface area contributed by atoms with Crippen molar-refractivity contribution < 1.29 is 9.32 Å². The molecular formula is C8H11ClN2O2. The SMILES string of the molecule is Cc1cc(NC(=O)CCCCl)no1. The zero-order valence-electron chi connectivity index (χ0n) is 7.34. The molecule has 4 nitrogen and oxygen atoms in total. The van der Waals surface area contributed by atoms with Gasteiger partial charge in [-0.15, -0.1) is 11.6 Å². The van der Waals surface area contributed by atoms with Crippen molar-refractivity contribution in [1.82, 2.24) is 5.16 Å². The van der Waals surface area contributed by atoms with E-state index in [-0.39, 0.29) is 5.91 Å². The Morgan fingerprint density at radius 1 is 1.77 bits per heavy atom. The maximum Gasteiger partial charge on any atom is 0.225 e. The van der Waals surface area contributed by atoms with Crippen LogP contribution in [-0.2, 0) is 4.79 Å². The number of carbonyl (C=O) groups excluding carboxylic acids is 1. The molecule has 13 heavy (non-hydrogen) atoms. The highest BCUT2D eigenvalue weighted by Gasteiger charge is 2.04. The van der Waals surface area contributed by atoms with Crippen molar-refractivity contribution in [2.24, 2.45) is 0 Å². The number of hydrogen-bond acceptors (Lipinski definition) is 3. The number of nitrogens with zero attached hydrogens (tertiary/aromatic N) is 1. The van der Waals surface area contributed by atoms with Gasteiger partial charge in [0.2, 0.25) is 5.91 Å². The fourth-order valence-electron chi connectivity index (χ4n) is 0.858. The highest BCUT2D eigenvalue weighted by atomic mass is 35.5. The zero-order valence-corrected chi connectivity index (χ0v) is 8.10. The van der Waals surface area contributed by atoms with Crippen LogP contribution in [0.3, 0.4) is 0 Å². The molecule has 0 saturated heterocycles. The lowest BCUT2D eigenvalue weighted by atomic mass is 10.3. The normalized spacial score (nSPS) is 10.0. The summed E-state index contributed by atoms with van der Waals surface area (Å²) in [5, 5.41) is 6.22. The Hall–Kier alpha value is -1.03. The van der Waals surface area contributed by atoms with Crippen LogP contribution in [0.4, 0.5) is 5.82 Å². The predicted octanol–water partition coefficient (Wildman–Crippen LogP) is 1.94. The lowest BCUT2D eigenvalue weighted by molar-refractivity contribution is -0.116. The van der Waals surface area contributed by atoms with Crippen LogP contribution >= 0.6 is 11.6 Å². The van der Waals surface area contributed by atoms with Gasteiger partial charge in [-0.05, 0) is 13.3 Å². The summed E-state index contributed by atoms with van der Waals surface area (Å²) in [4.78, 5) is 11.1. The van der Waals surface area contributed by atoms with Gasteiger partial charge in [-0.25, -0.2) is 0 Å². The molecule has 5 heteroatoms. The number of halogens is 1. The molecule has 1 rings (SSSR count). The molecule has 0 aliphatic carbocycles. The molecule has 0 bridgehead atoms. The van der Waals surface area contributed by atoms with Gasteiger partial charge in [0.1, 0.15) is 5.76 Å². The highest BCUT2D eigenvalue weighted by Crippen LogP contribution is 2.07. The van der Waals surface area contributed by atoms with Crippen molar-refractivity contribution in [3.63, 3.8) is 0 Å². The second-order valence-electron chi connectivity index (χ2n) is 2.66. The van der Waals surface area contributed by atoms with Gasteiger partial charge in [0.15, 0.2) is 5.82 Å². The van der Waals surface area contributed by atoms with Crippen LogP contribution in [-0.4, -0.2) is 16.9 Å². The van der Waals surface area contributed by atoms with Gasteiger partial charge >= 0.3 is 0 Å². The van der Waals surface area contributed by atoms with E-state index >= 15 is 0 Å². The van der Waals surface area contributed by atoms with Crippen molar-refractivity contribution in [2.75, 3.05) is 11.2 Å². The van der Waals surface area contributed by atoms with Gasteiger partial charge in [-0.2, -0.15) is 0 Å². The molecule has 0 aliphatic heterocycles. The van der Waals surface area contributed by atoms with Gasteiger partial charge in [-0.3, -0.25) is 4.79 Å². The van der Waals surface area contributed by atoms with Crippen LogP contribution in [0.2, 0.25) is 0 Å². The Bertz CT molecular complexity index is 285. The van der Waals surface area contributed by atoms with Crippen LogP contribution in [0.5, 0.6) is 0 Å². The first kappa shape index (κ1) is 10.1. The minimum absolute atomic E-state index is 0.0889. The highest BCUT2D eigenvalue weighted by molar-refractivity contribution is 6.18. The van der Waals surface area contributed by atoms with E-state index in [0.29, 0.717) is 30.3 Å². The van der Waals surface area contributed by atoms with E-state index in [2.05, 4.69) is 10.5 Å². The maximum atomic E-state index is 11.1. The Balaban J connectivity index is 2.36. The van der Waals surface area contributed by atoms with Crippen LogP contribution in [0, 0.1) is 6.92 Å². The van der Waals surface area contributed by atoms with E-state index in [4.69, 9.17) is 16.1 Å². The van der Waals surface area contributed by atoms with Crippen molar-refractivity contribution in [2.45, 2.75) is 19.8 Å². The Kier molecular flexibility index (Phi) is 3.76. The number of rotatable bonds is 4. The van der Waals surface area contributed by atoms with Gasteiger partial charge < -0.3 is 9.84 Å². The third-order valence-corrected chi connectivity index (χ3v) is 1.70. The number of anilines is 1. The molecule has 0 aliphatic rings. The molecule has 0 unspecified atom stereocenters. The molecular weight excluding hydrogens is 192 g/mol. The molecule has 0 saturated carbocycles. The summed E-state index contributed by atoms with van der Waals surface area (Å²) >= 11 is 5.44. The van der Waals surface area contributed by atoms with Crippen molar-refractivity contribution in [3.8, 4) is 0 Å². The van der Waals surface area contributed by atoms with Gasteiger partial charge in [0.25, 0.3) is 0 Å². The maximum absolute atomic E-state index is 11.1. The van der Waals surface area contributed by atoms with Crippen LogP contribution in [0.15, 0.2) is 10.6 Å². The summed E-state index contributed by atoms with van der Waals surface area (Å²) < 4.78 is 4.78. The minimum atomic E-state index is -0.0889. The third-order valence-electron chi connectivity index (χ3n) is 1.43. The molecule has 1 aromatic rings. The Morgan fingerprint density at radius 3 is 3.08 bits per heavy atom. The van der Waals surface area contributed by atoms with Gasteiger partial charge in [0, 0.05) is 18.4 Å². The number of nitrogens with one attached hydrogen (secondary N) is 1. The zero-order chi connectivity index (χ0) is 9.68. The summed E-state index contributed by atoms with van der Waals surface area (Å²) in [7, 11) is 0. The average molecular weight is 203 g/mol. The van der Waals surface area contributed by atoms with Crippen LogP contribution < -0.4 is 5.32 Å². The smallest absolute Gasteiger partial charge is 0.225 e. The van der Waals surface area contributed by atoms with Crippen molar-refractivity contribution >= 4 is 23.3 Å². The largest absolute Gasteiger partial charge is 0.360 e. The van der Waals surface area contributed by atoms with Crippen molar-refractivity contribution in [3.05, 3.63) is 11.8 Å². The second-order valence-corrected chi connectivity index (χ2v) is 3.04. The number of carbonyl (C=O) groups is 1. The molecule has 1 amide bonds. The minimum Gasteiger partial charge on any atom is -0.360 e. The topological polar surface area (TPSA) is 55.1 Å². The molecule has 1 N–H and O–H groups in total.